The second-order valence-electron chi connectivity index (χ2n) is 5.01. The molecule has 1 aromatic carbocycles. The maximum absolute atomic E-state index is 12.8. The third-order valence-electron chi connectivity index (χ3n) is 3.59. The Morgan fingerprint density at radius 3 is 3.00 bits per heavy atom. The van der Waals surface area contributed by atoms with Crippen molar-refractivity contribution in [1.29, 1.82) is 0 Å². The number of aliphatic imine (C=N–C) groups is 1. The SMILES string of the molecule is O=S(=O)(NC1=NCCc2ccccc21)c1c(Cl)nc2sccn12. The van der Waals surface area contributed by atoms with Gasteiger partial charge in [-0.3, -0.25) is 14.1 Å². The molecule has 0 fully saturated rings. The van der Waals surface area contributed by atoms with Crippen LogP contribution >= 0.6 is 22.9 Å². The van der Waals surface area contributed by atoms with E-state index in [1.54, 1.807) is 11.6 Å². The van der Waals surface area contributed by atoms with E-state index in [4.69, 9.17) is 11.6 Å². The van der Waals surface area contributed by atoms with Gasteiger partial charge in [0.25, 0.3) is 10.0 Å². The van der Waals surface area contributed by atoms with Gasteiger partial charge in [-0.05, 0) is 12.0 Å². The first-order valence-corrected chi connectivity index (χ1v) is 9.57. The summed E-state index contributed by atoms with van der Waals surface area (Å²) in [5.41, 5.74) is 1.87. The van der Waals surface area contributed by atoms with E-state index < -0.39 is 10.0 Å². The fourth-order valence-corrected chi connectivity index (χ4v) is 5.08. The molecular weight excluding hydrogens is 356 g/mol. The zero-order chi connectivity index (χ0) is 16.0. The Hall–Kier alpha value is -1.90. The molecule has 1 aliphatic rings. The molecule has 0 amide bonds. The van der Waals surface area contributed by atoms with Gasteiger partial charge in [0, 0.05) is 23.7 Å². The number of hydrogen-bond acceptors (Lipinski definition) is 5. The second-order valence-corrected chi connectivity index (χ2v) is 7.84. The molecule has 1 N–H and O–H groups in total. The number of aromatic nitrogens is 2. The minimum Gasteiger partial charge on any atom is -0.278 e. The lowest BCUT2D eigenvalue weighted by Gasteiger charge is -2.17. The van der Waals surface area contributed by atoms with Crippen LogP contribution in [0.3, 0.4) is 0 Å². The summed E-state index contributed by atoms with van der Waals surface area (Å²) in [4.78, 5) is 8.91. The molecule has 6 nitrogen and oxygen atoms in total. The summed E-state index contributed by atoms with van der Waals surface area (Å²) in [6, 6.07) is 7.62. The minimum atomic E-state index is -3.89. The topological polar surface area (TPSA) is 75.8 Å². The molecule has 0 atom stereocenters. The molecule has 23 heavy (non-hydrogen) atoms. The van der Waals surface area contributed by atoms with Gasteiger partial charge in [-0.2, -0.15) is 8.42 Å². The number of nitrogens with one attached hydrogen (secondary N) is 1. The number of thiazole rings is 1. The molecule has 0 saturated carbocycles. The van der Waals surface area contributed by atoms with Crippen LogP contribution in [0.15, 0.2) is 45.9 Å². The Kier molecular flexibility index (Phi) is 3.40. The fraction of sp³-hybridized carbons (Fsp3) is 0.143. The van der Waals surface area contributed by atoms with E-state index >= 15 is 0 Å². The van der Waals surface area contributed by atoms with Crippen LogP contribution in [0, 0.1) is 0 Å². The van der Waals surface area contributed by atoms with Crippen molar-refractivity contribution in [3.05, 3.63) is 52.1 Å². The van der Waals surface area contributed by atoms with Gasteiger partial charge in [0.1, 0.15) is 5.84 Å². The largest absolute Gasteiger partial charge is 0.282 e. The van der Waals surface area contributed by atoms with Crippen LogP contribution in [0.4, 0.5) is 0 Å². The van der Waals surface area contributed by atoms with Gasteiger partial charge in [0.15, 0.2) is 15.1 Å². The average molecular weight is 367 g/mol. The van der Waals surface area contributed by atoms with Crippen LogP contribution in [-0.4, -0.2) is 30.2 Å². The molecule has 0 saturated heterocycles. The lowest BCUT2D eigenvalue weighted by Crippen LogP contribution is -2.34. The lowest BCUT2D eigenvalue weighted by atomic mass is 10.0. The Bertz CT molecular complexity index is 1040. The van der Waals surface area contributed by atoms with Crippen LogP contribution in [0.2, 0.25) is 5.15 Å². The first-order valence-electron chi connectivity index (χ1n) is 6.83. The molecule has 0 aliphatic carbocycles. The smallest absolute Gasteiger partial charge is 0.278 e. The maximum Gasteiger partial charge on any atom is 0.282 e. The van der Waals surface area contributed by atoms with Crippen molar-refractivity contribution in [2.24, 2.45) is 4.99 Å². The van der Waals surface area contributed by atoms with Gasteiger partial charge in [0.2, 0.25) is 0 Å². The molecule has 3 aromatic rings. The van der Waals surface area contributed by atoms with E-state index in [-0.39, 0.29) is 10.2 Å². The minimum absolute atomic E-state index is 0.0472. The summed E-state index contributed by atoms with van der Waals surface area (Å²) in [6.07, 6.45) is 2.42. The Labute approximate surface area is 141 Å². The number of sulfonamides is 1. The summed E-state index contributed by atoms with van der Waals surface area (Å²) >= 11 is 7.35. The van der Waals surface area contributed by atoms with Gasteiger partial charge in [-0.1, -0.05) is 35.9 Å². The first-order chi connectivity index (χ1) is 11.1. The number of nitrogens with zero attached hydrogens (tertiary/aromatic N) is 3. The Balaban J connectivity index is 1.78. The Morgan fingerprint density at radius 1 is 1.30 bits per heavy atom. The molecule has 2 aromatic heterocycles. The van der Waals surface area contributed by atoms with Gasteiger partial charge in [-0.25, -0.2) is 4.98 Å². The van der Waals surface area contributed by atoms with E-state index in [0.717, 1.165) is 17.5 Å². The summed E-state index contributed by atoms with van der Waals surface area (Å²) in [5, 5.41) is 1.64. The van der Waals surface area contributed by atoms with Gasteiger partial charge >= 0.3 is 0 Å². The van der Waals surface area contributed by atoms with Crippen LogP contribution in [0.5, 0.6) is 0 Å². The van der Waals surface area contributed by atoms with Crippen molar-refractivity contribution in [2.75, 3.05) is 6.54 Å². The monoisotopic (exact) mass is 366 g/mol. The lowest BCUT2D eigenvalue weighted by molar-refractivity contribution is 0.587. The Morgan fingerprint density at radius 2 is 2.13 bits per heavy atom. The molecule has 9 heteroatoms. The number of benzene rings is 1. The number of fused-ring (bicyclic) bond motifs is 2. The van der Waals surface area contributed by atoms with Gasteiger partial charge in [0.05, 0.1) is 0 Å². The number of halogens is 1. The molecule has 4 rings (SSSR count). The highest BCUT2D eigenvalue weighted by molar-refractivity contribution is 7.90. The van der Waals surface area contributed by atoms with E-state index in [9.17, 15) is 8.42 Å². The second kappa shape index (κ2) is 5.33. The van der Waals surface area contributed by atoms with Crippen molar-refractivity contribution < 1.29 is 8.42 Å². The average Bonchev–Trinajstić information content (AvgIpc) is 3.06. The van der Waals surface area contributed by atoms with Crippen LogP contribution in [-0.2, 0) is 16.4 Å². The third kappa shape index (κ3) is 2.43. The zero-order valence-electron chi connectivity index (χ0n) is 11.7. The molecule has 0 radical (unpaired) electrons. The predicted octanol–water partition coefficient (Wildman–Crippen LogP) is 2.33. The first kappa shape index (κ1) is 14.7. The highest BCUT2D eigenvalue weighted by Gasteiger charge is 2.27. The molecule has 0 spiro atoms. The quantitative estimate of drug-likeness (QED) is 0.756. The highest BCUT2D eigenvalue weighted by Crippen LogP contribution is 2.26. The predicted molar refractivity (Wildman–Crippen MR) is 90.0 cm³/mol. The normalized spacial score (nSPS) is 14.6. The zero-order valence-corrected chi connectivity index (χ0v) is 14.1. The fourth-order valence-electron chi connectivity index (χ4n) is 2.58. The van der Waals surface area contributed by atoms with Gasteiger partial charge in [-0.15, -0.1) is 11.3 Å². The van der Waals surface area contributed by atoms with Gasteiger partial charge < -0.3 is 0 Å². The summed E-state index contributed by atoms with van der Waals surface area (Å²) < 4.78 is 29.6. The number of imidazole rings is 1. The molecule has 0 bridgehead atoms. The maximum atomic E-state index is 12.8. The van der Waals surface area contributed by atoms with Crippen molar-refractivity contribution >= 4 is 43.8 Å². The number of hydrogen-bond donors (Lipinski definition) is 1. The molecule has 0 unspecified atom stereocenters. The van der Waals surface area contributed by atoms with Crippen LogP contribution < -0.4 is 4.72 Å². The highest BCUT2D eigenvalue weighted by atomic mass is 35.5. The standard InChI is InChI=1S/C14H11ClN4O2S2/c15-11-13(19-7-8-22-14(19)17-11)23(20,21)18-12-10-4-2-1-3-9(10)5-6-16-12/h1-4,7-8H,5-6H2,(H,16,18). The van der Waals surface area contributed by atoms with Crippen LogP contribution in [0.25, 0.3) is 4.96 Å². The van der Waals surface area contributed by atoms with Crippen LogP contribution in [0.1, 0.15) is 11.1 Å². The van der Waals surface area contributed by atoms with E-state index in [0.29, 0.717) is 17.3 Å². The molecule has 3 heterocycles. The summed E-state index contributed by atoms with van der Waals surface area (Å²) in [7, 11) is -3.89. The molecule has 1 aliphatic heterocycles. The van der Waals surface area contributed by atoms with E-state index in [1.165, 1.54) is 15.7 Å². The van der Waals surface area contributed by atoms with Crippen molar-refractivity contribution in [1.82, 2.24) is 14.1 Å². The molecular formula is C14H11ClN4O2S2. The van der Waals surface area contributed by atoms with E-state index in [1.807, 2.05) is 24.3 Å². The van der Waals surface area contributed by atoms with Crippen molar-refractivity contribution in [2.45, 2.75) is 11.4 Å². The van der Waals surface area contributed by atoms with Crippen molar-refractivity contribution in [3.63, 3.8) is 0 Å². The van der Waals surface area contributed by atoms with Crippen molar-refractivity contribution in [3.8, 4) is 0 Å². The number of rotatable bonds is 2. The summed E-state index contributed by atoms with van der Waals surface area (Å²) in [5.74, 6) is 0.341. The summed E-state index contributed by atoms with van der Waals surface area (Å²) in [6.45, 7) is 0.545. The van der Waals surface area contributed by atoms with E-state index in [2.05, 4.69) is 14.7 Å². The third-order valence-corrected chi connectivity index (χ3v) is 6.08. The molecule has 118 valence electrons. The number of amidine groups is 1.